The van der Waals surface area contributed by atoms with E-state index in [4.69, 9.17) is 9.84 Å². The molecule has 0 aliphatic rings. The van der Waals surface area contributed by atoms with Crippen molar-refractivity contribution in [1.29, 1.82) is 0 Å². The highest BCUT2D eigenvalue weighted by Gasteiger charge is 2.00. The summed E-state index contributed by atoms with van der Waals surface area (Å²) in [5.74, 6) is 7.58. The number of fused-ring (bicyclic) bond motifs is 1. The zero-order chi connectivity index (χ0) is 15.1. The summed E-state index contributed by atoms with van der Waals surface area (Å²) in [5, 5.41) is 11.0. The van der Waals surface area contributed by atoms with E-state index in [0.29, 0.717) is 12.3 Å². The van der Waals surface area contributed by atoms with Gasteiger partial charge in [-0.1, -0.05) is 37.8 Å². The molecule has 0 spiro atoms. The lowest BCUT2D eigenvalue weighted by atomic mass is 10.1. The summed E-state index contributed by atoms with van der Waals surface area (Å²) in [6.45, 7) is 5.26. The zero-order valence-corrected chi connectivity index (χ0v) is 12.7. The highest BCUT2D eigenvalue weighted by atomic mass is 16.5. The van der Waals surface area contributed by atoms with Gasteiger partial charge in [0.2, 0.25) is 0 Å². The normalized spacial score (nSPS) is 10.5. The van der Waals surface area contributed by atoms with Crippen molar-refractivity contribution in [2.24, 2.45) is 5.92 Å². The van der Waals surface area contributed by atoms with Gasteiger partial charge in [0.05, 0.1) is 13.2 Å². The molecule has 0 amide bonds. The molecule has 0 aliphatic carbocycles. The molecule has 0 saturated carbocycles. The van der Waals surface area contributed by atoms with E-state index in [0.717, 1.165) is 35.1 Å². The molecule has 110 valence electrons. The van der Waals surface area contributed by atoms with Gasteiger partial charge in [0, 0.05) is 12.0 Å². The zero-order valence-electron chi connectivity index (χ0n) is 12.7. The van der Waals surface area contributed by atoms with Gasteiger partial charge in [0.15, 0.2) is 0 Å². The first-order valence-electron chi connectivity index (χ1n) is 7.45. The molecule has 0 fully saturated rings. The lowest BCUT2D eigenvalue weighted by Gasteiger charge is -2.09. The summed E-state index contributed by atoms with van der Waals surface area (Å²) in [7, 11) is 0. The second-order valence-corrected chi connectivity index (χ2v) is 5.53. The topological polar surface area (TPSA) is 29.5 Å². The van der Waals surface area contributed by atoms with Gasteiger partial charge in [-0.25, -0.2) is 0 Å². The predicted molar refractivity (Wildman–Crippen MR) is 87.5 cm³/mol. The van der Waals surface area contributed by atoms with Gasteiger partial charge in [0.25, 0.3) is 0 Å². The van der Waals surface area contributed by atoms with Gasteiger partial charge in [-0.3, -0.25) is 0 Å². The SMILES string of the molecule is CC(C)CCOc1ccc2cc(C#CCCO)ccc2c1. The van der Waals surface area contributed by atoms with Crippen LogP contribution in [0.15, 0.2) is 36.4 Å². The first kappa shape index (κ1) is 15.4. The molecule has 2 nitrogen and oxygen atoms in total. The minimum atomic E-state index is 0.109. The molecule has 0 unspecified atom stereocenters. The highest BCUT2D eigenvalue weighted by molar-refractivity contribution is 5.85. The van der Waals surface area contributed by atoms with E-state index < -0.39 is 0 Å². The maximum atomic E-state index is 8.74. The molecule has 0 atom stereocenters. The number of rotatable bonds is 5. The Labute approximate surface area is 126 Å². The lowest BCUT2D eigenvalue weighted by molar-refractivity contribution is 0.290. The Morgan fingerprint density at radius 1 is 1.10 bits per heavy atom. The van der Waals surface area contributed by atoms with Gasteiger partial charge in [0.1, 0.15) is 5.75 Å². The maximum absolute atomic E-state index is 8.74. The molecule has 0 bridgehead atoms. The van der Waals surface area contributed by atoms with Crippen molar-refractivity contribution in [2.75, 3.05) is 13.2 Å². The third kappa shape index (κ3) is 4.81. The third-order valence-corrected chi connectivity index (χ3v) is 3.25. The predicted octanol–water partition coefficient (Wildman–Crippen LogP) is 4.00. The Kier molecular flexibility index (Phi) is 5.66. The van der Waals surface area contributed by atoms with Crippen LogP contribution in [0.3, 0.4) is 0 Å². The molecule has 0 aromatic heterocycles. The van der Waals surface area contributed by atoms with Crippen LogP contribution in [0.5, 0.6) is 5.75 Å². The van der Waals surface area contributed by atoms with Crippen LogP contribution in [0.25, 0.3) is 10.8 Å². The summed E-state index contributed by atoms with van der Waals surface area (Å²) in [4.78, 5) is 0. The third-order valence-electron chi connectivity index (χ3n) is 3.25. The quantitative estimate of drug-likeness (QED) is 0.840. The van der Waals surface area contributed by atoms with Gasteiger partial charge >= 0.3 is 0 Å². The monoisotopic (exact) mass is 282 g/mol. The summed E-state index contributed by atoms with van der Waals surface area (Å²) >= 11 is 0. The number of aliphatic hydroxyl groups is 1. The van der Waals surface area contributed by atoms with E-state index in [1.165, 1.54) is 0 Å². The Morgan fingerprint density at radius 3 is 2.62 bits per heavy atom. The lowest BCUT2D eigenvalue weighted by Crippen LogP contribution is -2.01. The Hall–Kier alpha value is -1.98. The van der Waals surface area contributed by atoms with Crippen molar-refractivity contribution < 1.29 is 9.84 Å². The number of ether oxygens (including phenoxy) is 1. The molecular formula is C19H22O2. The summed E-state index contributed by atoms with van der Waals surface area (Å²) in [6, 6.07) is 12.3. The minimum absolute atomic E-state index is 0.109. The van der Waals surface area contributed by atoms with Crippen LogP contribution in [-0.2, 0) is 0 Å². The number of hydrogen-bond donors (Lipinski definition) is 1. The number of benzene rings is 2. The molecular weight excluding hydrogens is 260 g/mol. The van der Waals surface area contributed by atoms with Gasteiger partial charge in [-0.2, -0.15) is 0 Å². The smallest absolute Gasteiger partial charge is 0.119 e. The second-order valence-electron chi connectivity index (χ2n) is 5.53. The molecule has 0 heterocycles. The van der Waals surface area contributed by atoms with E-state index in [9.17, 15) is 0 Å². The van der Waals surface area contributed by atoms with Crippen LogP contribution >= 0.6 is 0 Å². The summed E-state index contributed by atoms with van der Waals surface area (Å²) in [6.07, 6.45) is 1.58. The molecule has 2 aromatic carbocycles. The van der Waals surface area contributed by atoms with E-state index in [1.54, 1.807) is 0 Å². The Bertz CT molecular complexity index is 647. The van der Waals surface area contributed by atoms with Crippen LogP contribution in [0.2, 0.25) is 0 Å². The second kappa shape index (κ2) is 7.71. The van der Waals surface area contributed by atoms with E-state index >= 15 is 0 Å². The van der Waals surface area contributed by atoms with Crippen LogP contribution in [0.4, 0.5) is 0 Å². The fourth-order valence-corrected chi connectivity index (χ4v) is 2.02. The van der Waals surface area contributed by atoms with E-state index in [2.05, 4.69) is 50.0 Å². The fourth-order valence-electron chi connectivity index (χ4n) is 2.02. The highest BCUT2D eigenvalue weighted by Crippen LogP contribution is 2.22. The number of aliphatic hydroxyl groups excluding tert-OH is 1. The Morgan fingerprint density at radius 2 is 1.86 bits per heavy atom. The average molecular weight is 282 g/mol. The largest absolute Gasteiger partial charge is 0.494 e. The molecule has 2 rings (SSSR count). The van der Waals surface area contributed by atoms with Crippen molar-refractivity contribution in [1.82, 2.24) is 0 Å². The van der Waals surface area contributed by atoms with Crippen LogP contribution in [0, 0.1) is 17.8 Å². The minimum Gasteiger partial charge on any atom is -0.494 e. The van der Waals surface area contributed by atoms with Crippen LogP contribution in [-0.4, -0.2) is 18.3 Å². The standard InChI is InChI=1S/C19H22O2/c1-15(2)10-12-21-19-9-8-17-13-16(5-3-4-11-20)6-7-18(17)14-19/h6-9,13-15,20H,4,10-12H2,1-2H3. The molecule has 2 heteroatoms. The first-order chi connectivity index (χ1) is 10.2. The average Bonchev–Trinajstić information content (AvgIpc) is 2.47. The van der Waals surface area contributed by atoms with E-state index in [-0.39, 0.29) is 6.61 Å². The van der Waals surface area contributed by atoms with Gasteiger partial charge in [-0.15, -0.1) is 0 Å². The van der Waals surface area contributed by atoms with Crippen molar-refractivity contribution in [3.8, 4) is 17.6 Å². The van der Waals surface area contributed by atoms with Crippen molar-refractivity contribution >= 4 is 10.8 Å². The Balaban J connectivity index is 2.10. The maximum Gasteiger partial charge on any atom is 0.119 e. The van der Waals surface area contributed by atoms with Gasteiger partial charge in [-0.05, 0) is 47.4 Å². The molecule has 2 aromatic rings. The first-order valence-corrected chi connectivity index (χ1v) is 7.45. The molecule has 0 aliphatic heterocycles. The summed E-state index contributed by atoms with van der Waals surface area (Å²) in [5.41, 5.74) is 0.976. The van der Waals surface area contributed by atoms with Crippen LogP contribution in [0.1, 0.15) is 32.3 Å². The van der Waals surface area contributed by atoms with Crippen LogP contribution < -0.4 is 4.74 Å². The fraction of sp³-hybridized carbons (Fsp3) is 0.368. The van der Waals surface area contributed by atoms with E-state index in [1.807, 2.05) is 12.1 Å². The molecule has 1 N–H and O–H groups in total. The van der Waals surface area contributed by atoms with Crippen molar-refractivity contribution in [3.63, 3.8) is 0 Å². The van der Waals surface area contributed by atoms with Crippen molar-refractivity contribution in [2.45, 2.75) is 26.7 Å². The molecule has 21 heavy (non-hydrogen) atoms. The molecule has 0 radical (unpaired) electrons. The number of hydrogen-bond acceptors (Lipinski definition) is 2. The van der Waals surface area contributed by atoms with Gasteiger partial charge < -0.3 is 9.84 Å². The molecule has 0 saturated heterocycles. The van der Waals surface area contributed by atoms with Crippen molar-refractivity contribution in [3.05, 3.63) is 42.0 Å². The summed E-state index contributed by atoms with van der Waals surface area (Å²) < 4.78 is 5.78.